The average molecular weight is 328 g/mol. The van der Waals surface area contributed by atoms with Gasteiger partial charge in [-0.15, -0.1) is 0 Å². The average Bonchev–Trinajstić information content (AvgIpc) is 3.14. The molecule has 0 radical (unpaired) electrons. The van der Waals surface area contributed by atoms with Crippen molar-refractivity contribution in [3.05, 3.63) is 35.9 Å². The van der Waals surface area contributed by atoms with E-state index in [1.807, 2.05) is 17.9 Å². The standard InChI is InChI=1S/C19H24N2O3/c1-18(20-17(23)24-2)8-13(9-18)16(22)21-11-15-10-19(15,12-21)14-6-4-3-5-7-14/h3-7,13,15H,8-12H2,1-2H3,(H,20,23)/t13-,15?,18+,19?. The molecule has 1 aliphatic heterocycles. The van der Waals surface area contributed by atoms with Gasteiger partial charge in [0.05, 0.1) is 7.11 Å². The Balaban J connectivity index is 1.36. The molecule has 4 rings (SSSR count). The molecule has 5 nitrogen and oxygen atoms in total. The second-order valence-corrected chi connectivity index (χ2v) is 7.92. The first-order chi connectivity index (χ1) is 11.5. The fourth-order valence-corrected chi connectivity index (χ4v) is 4.73. The number of likely N-dealkylation sites (tertiary alicyclic amines) is 1. The van der Waals surface area contributed by atoms with Gasteiger partial charge < -0.3 is 15.0 Å². The number of hydrogen-bond donors (Lipinski definition) is 1. The van der Waals surface area contributed by atoms with E-state index in [0.29, 0.717) is 18.8 Å². The molecule has 1 saturated heterocycles. The molecule has 0 spiro atoms. The first-order valence-electron chi connectivity index (χ1n) is 8.66. The van der Waals surface area contributed by atoms with E-state index in [2.05, 4.69) is 34.3 Å². The maximum absolute atomic E-state index is 12.8. The van der Waals surface area contributed by atoms with E-state index in [1.165, 1.54) is 19.1 Å². The lowest BCUT2D eigenvalue weighted by atomic mass is 9.69. The van der Waals surface area contributed by atoms with Crippen molar-refractivity contribution in [1.29, 1.82) is 0 Å². The van der Waals surface area contributed by atoms with Crippen molar-refractivity contribution in [2.75, 3.05) is 20.2 Å². The van der Waals surface area contributed by atoms with E-state index >= 15 is 0 Å². The van der Waals surface area contributed by atoms with E-state index in [-0.39, 0.29) is 22.8 Å². The van der Waals surface area contributed by atoms with Gasteiger partial charge in [0.2, 0.25) is 5.91 Å². The van der Waals surface area contributed by atoms with Crippen molar-refractivity contribution in [3.8, 4) is 0 Å². The Hall–Kier alpha value is -2.04. The lowest BCUT2D eigenvalue weighted by molar-refractivity contribution is -0.140. The Kier molecular flexibility index (Phi) is 3.37. The fourth-order valence-electron chi connectivity index (χ4n) is 4.73. The molecule has 1 N–H and O–H groups in total. The van der Waals surface area contributed by atoms with Gasteiger partial charge in [0.15, 0.2) is 0 Å². The number of nitrogens with one attached hydrogen (secondary N) is 1. The maximum Gasteiger partial charge on any atom is 0.407 e. The number of fused-ring (bicyclic) bond motifs is 1. The Morgan fingerprint density at radius 3 is 2.58 bits per heavy atom. The van der Waals surface area contributed by atoms with Crippen molar-refractivity contribution in [2.45, 2.75) is 37.1 Å². The molecule has 3 fully saturated rings. The van der Waals surface area contributed by atoms with Crippen LogP contribution in [0.2, 0.25) is 0 Å². The number of benzene rings is 1. The molecule has 2 amide bonds. The first kappa shape index (κ1) is 15.5. The van der Waals surface area contributed by atoms with Crippen molar-refractivity contribution in [2.24, 2.45) is 11.8 Å². The number of carbonyl (C=O) groups excluding carboxylic acids is 2. The lowest BCUT2D eigenvalue weighted by Crippen LogP contribution is -2.58. The van der Waals surface area contributed by atoms with Gasteiger partial charge in [-0.1, -0.05) is 30.3 Å². The van der Waals surface area contributed by atoms with Gasteiger partial charge >= 0.3 is 6.09 Å². The molecular formula is C19H24N2O3. The molecule has 0 aromatic heterocycles. The maximum atomic E-state index is 12.8. The number of alkyl carbamates (subject to hydrolysis) is 1. The van der Waals surface area contributed by atoms with Crippen LogP contribution >= 0.6 is 0 Å². The quantitative estimate of drug-likeness (QED) is 0.926. The number of hydrogen-bond acceptors (Lipinski definition) is 3. The van der Waals surface area contributed by atoms with Crippen molar-refractivity contribution >= 4 is 12.0 Å². The summed E-state index contributed by atoms with van der Waals surface area (Å²) in [4.78, 5) is 26.2. The van der Waals surface area contributed by atoms with Gasteiger partial charge in [0, 0.05) is 30.0 Å². The molecule has 1 aromatic carbocycles. The van der Waals surface area contributed by atoms with Crippen LogP contribution in [0.3, 0.4) is 0 Å². The summed E-state index contributed by atoms with van der Waals surface area (Å²) in [6.07, 6.45) is 2.17. The highest BCUT2D eigenvalue weighted by Gasteiger charge is 2.62. The first-order valence-corrected chi connectivity index (χ1v) is 8.66. The van der Waals surface area contributed by atoms with E-state index in [1.54, 1.807) is 0 Å². The van der Waals surface area contributed by atoms with Crippen LogP contribution in [0.4, 0.5) is 4.79 Å². The summed E-state index contributed by atoms with van der Waals surface area (Å²) in [7, 11) is 1.36. The summed E-state index contributed by atoms with van der Waals surface area (Å²) in [5, 5.41) is 2.84. The van der Waals surface area contributed by atoms with Gasteiger partial charge in [-0.3, -0.25) is 4.79 Å². The van der Waals surface area contributed by atoms with Crippen molar-refractivity contribution < 1.29 is 14.3 Å². The molecular weight excluding hydrogens is 304 g/mol. The summed E-state index contributed by atoms with van der Waals surface area (Å²) >= 11 is 0. The van der Waals surface area contributed by atoms with Gasteiger partial charge in [0.25, 0.3) is 0 Å². The van der Waals surface area contributed by atoms with Crippen LogP contribution < -0.4 is 5.32 Å². The molecule has 128 valence electrons. The van der Waals surface area contributed by atoms with E-state index in [4.69, 9.17) is 0 Å². The Labute approximate surface area is 142 Å². The summed E-state index contributed by atoms with van der Waals surface area (Å²) < 4.78 is 4.65. The number of nitrogens with zero attached hydrogens (tertiary/aromatic N) is 1. The Morgan fingerprint density at radius 1 is 1.21 bits per heavy atom. The highest BCUT2D eigenvalue weighted by atomic mass is 16.5. The van der Waals surface area contributed by atoms with Crippen molar-refractivity contribution in [3.63, 3.8) is 0 Å². The minimum atomic E-state index is -0.422. The van der Waals surface area contributed by atoms with Gasteiger partial charge in [0.1, 0.15) is 0 Å². The highest BCUT2D eigenvalue weighted by Crippen LogP contribution is 2.59. The smallest absolute Gasteiger partial charge is 0.407 e. The summed E-state index contributed by atoms with van der Waals surface area (Å²) in [6, 6.07) is 10.6. The molecule has 2 atom stereocenters. The van der Waals surface area contributed by atoms with Crippen LogP contribution in [-0.2, 0) is 14.9 Å². The highest BCUT2D eigenvalue weighted by molar-refractivity contribution is 5.82. The molecule has 2 aliphatic carbocycles. The molecule has 1 heterocycles. The van der Waals surface area contributed by atoms with Crippen molar-refractivity contribution in [1.82, 2.24) is 10.2 Å². The Bertz CT molecular complexity index is 668. The normalized spacial score (nSPS) is 36.5. The van der Waals surface area contributed by atoms with Gasteiger partial charge in [-0.25, -0.2) is 4.79 Å². The van der Waals surface area contributed by atoms with Crippen LogP contribution in [-0.4, -0.2) is 42.6 Å². The van der Waals surface area contributed by atoms with Crippen LogP contribution in [0.15, 0.2) is 30.3 Å². The molecule has 2 saturated carbocycles. The van der Waals surface area contributed by atoms with Crippen LogP contribution in [0.25, 0.3) is 0 Å². The molecule has 0 bridgehead atoms. The minimum Gasteiger partial charge on any atom is -0.453 e. The van der Waals surface area contributed by atoms with E-state index in [0.717, 1.165) is 13.1 Å². The van der Waals surface area contributed by atoms with Crippen LogP contribution in [0.1, 0.15) is 31.7 Å². The van der Waals surface area contributed by atoms with Crippen LogP contribution in [0.5, 0.6) is 0 Å². The zero-order chi connectivity index (χ0) is 16.9. The minimum absolute atomic E-state index is 0.0254. The third kappa shape index (κ3) is 2.38. The topological polar surface area (TPSA) is 58.6 Å². The number of amides is 2. The predicted octanol–water partition coefficient (Wildman–Crippen LogP) is 2.31. The molecule has 1 aromatic rings. The Morgan fingerprint density at radius 2 is 1.92 bits per heavy atom. The van der Waals surface area contributed by atoms with Gasteiger partial charge in [-0.2, -0.15) is 0 Å². The predicted molar refractivity (Wildman–Crippen MR) is 89.5 cm³/mol. The number of rotatable bonds is 3. The van der Waals surface area contributed by atoms with Gasteiger partial charge in [-0.05, 0) is 37.7 Å². The lowest BCUT2D eigenvalue weighted by Gasteiger charge is -2.45. The summed E-state index contributed by atoms with van der Waals surface area (Å²) in [5.74, 6) is 0.891. The number of carbonyl (C=O) groups is 2. The molecule has 24 heavy (non-hydrogen) atoms. The SMILES string of the molecule is COC(=O)N[C@]1(C)C[C@H](C(=O)N2CC3CC3(c3ccccc3)C2)C1. The fraction of sp³-hybridized carbons (Fsp3) is 0.579. The third-order valence-electron chi connectivity index (χ3n) is 6.14. The van der Waals surface area contributed by atoms with Crippen LogP contribution in [0, 0.1) is 11.8 Å². The number of ether oxygens (including phenoxy) is 1. The summed E-state index contributed by atoms with van der Waals surface area (Å²) in [6.45, 7) is 3.70. The number of methoxy groups -OCH3 is 1. The monoisotopic (exact) mass is 328 g/mol. The number of piperidine rings is 1. The summed E-state index contributed by atoms with van der Waals surface area (Å²) in [5.41, 5.74) is 1.26. The molecule has 5 heteroatoms. The zero-order valence-electron chi connectivity index (χ0n) is 14.2. The second kappa shape index (κ2) is 5.23. The third-order valence-corrected chi connectivity index (χ3v) is 6.14. The largest absolute Gasteiger partial charge is 0.453 e. The molecule has 2 unspecified atom stereocenters. The molecule has 3 aliphatic rings. The zero-order valence-corrected chi connectivity index (χ0v) is 14.2. The van der Waals surface area contributed by atoms with E-state index in [9.17, 15) is 9.59 Å². The van der Waals surface area contributed by atoms with E-state index < -0.39 is 6.09 Å². The second-order valence-electron chi connectivity index (χ2n) is 7.92.